The predicted octanol–water partition coefficient (Wildman–Crippen LogP) is 1.03. The van der Waals surface area contributed by atoms with Crippen molar-refractivity contribution in [2.75, 3.05) is 26.2 Å². The van der Waals surface area contributed by atoms with Crippen molar-refractivity contribution in [1.29, 1.82) is 0 Å². The number of hydrogen-bond acceptors (Lipinski definition) is 3. The van der Waals surface area contributed by atoms with E-state index in [0.717, 1.165) is 19.5 Å². The Hall–Kier alpha value is -1.30. The summed E-state index contributed by atoms with van der Waals surface area (Å²) in [7, 11) is 0. The van der Waals surface area contributed by atoms with E-state index in [4.69, 9.17) is 5.11 Å². The average molecular weight is 273 g/mol. The maximum atomic E-state index is 11.5. The molecular formula is C13H27N3O3. The molecule has 2 amide bonds. The SMILES string of the molecule is CCNCCCNC(=O)NCC(CC(C)C)C(=O)O. The number of aliphatic carboxylic acids is 1. The van der Waals surface area contributed by atoms with E-state index in [1.54, 1.807) is 0 Å². The number of amides is 2. The van der Waals surface area contributed by atoms with Crippen LogP contribution in [0.15, 0.2) is 0 Å². The molecule has 4 N–H and O–H groups in total. The summed E-state index contributed by atoms with van der Waals surface area (Å²) >= 11 is 0. The number of carbonyl (C=O) groups excluding carboxylic acids is 1. The van der Waals surface area contributed by atoms with Crippen LogP contribution in [0.4, 0.5) is 4.79 Å². The summed E-state index contributed by atoms with van der Waals surface area (Å²) in [5.41, 5.74) is 0. The quantitative estimate of drug-likeness (QED) is 0.448. The van der Waals surface area contributed by atoms with Crippen molar-refractivity contribution in [3.63, 3.8) is 0 Å². The highest BCUT2D eigenvalue weighted by Crippen LogP contribution is 2.10. The molecule has 1 atom stereocenters. The van der Waals surface area contributed by atoms with Crippen LogP contribution in [0.5, 0.6) is 0 Å². The van der Waals surface area contributed by atoms with Gasteiger partial charge in [0.15, 0.2) is 0 Å². The summed E-state index contributed by atoms with van der Waals surface area (Å²) in [5, 5.41) is 17.5. The van der Waals surface area contributed by atoms with E-state index in [2.05, 4.69) is 16.0 Å². The number of rotatable bonds is 10. The van der Waals surface area contributed by atoms with Crippen LogP contribution in [0, 0.1) is 11.8 Å². The molecule has 0 aromatic heterocycles. The second-order valence-corrected chi connectivity index (χ2v) is 5.01. The van der Waals surface area contributed by atoms with E-state index in [9.17, 15) is 9.59 Å². The molecule has 6 nitrogen and oxygen atoms in total. The number of nitrogens with one attached hydrogen (secondary N) is 3. The minimum atomic E-state index is -0.860. The van der Waals surface area contributed by atoms with E-state index in [1.807, 2.05) is 20.8 Å². The van der Waals surface area contributed by atoms with Gasteiger partial charge in [0.25, 0.3) is 0 Å². The largest absolute Gasteiger partial charge is 0.481 e. The van der Waals surface area contributed by atoms with E-state index < -0.39 is 11.9 Å². The Morgan fingerprint density at radius 3 is 2.37 bits per heavy atom. The molecule has 0 bridgehead atoms. The van der Waals surface area contributed by atoms with Crippen LogP contribution in [0.25, 0.3) is 0 Å². The van der Waals surface area contributed by atoms with E-state index in [-0.39, 0.29) is 12.6 Å². The fourth-order valence-corrected chi connectivity index (χ4v) is 1.71. The van der Waals surface area contributed by atoms with E-state index in [0.29, 0.717) is 18.9 Å². The van der Waals surface area contributed by atoms with Crippen LogP contribution >= 0.6 is 0 Å². The highest BCUT2D eigenvalue weighted by atomic mass is 16.4. The van der Waals surface area contributed by atoms with Crippen LogP contribution < -0.4 is 16.0 Å². The van der Waals surface area contributed by atoms with Crippen molar-refractivity contribution in [2.24, 2.45) is 11.8 Å². The molecular weight excluding hydrogens is 246 g/mol. The smallest absolute Gasteiger partial charge is 0.314 e. The average Bonchev–Trinajstić information content (AvgIpc) is 2.33. The standard InChI is InChI=1S/C13H27N3O3/c1-4-14-6-5-7-15-13(19)16-9-11(12(17)18)8-10(2)3/h10-11,14H,4-9H2,1-3H3,(H,17,18)(H2,15,16,19). The normalized spacial score (nSPS) is 12.2. The fourth-order valence-electron chi connectivity index (χ4n) is 1.71. The molecule has 1 unspecified atom stereocenters. The molecule has 0 saturated carbocycles. The Kier molecular flexibility index (Phi) is 9.88. The molecule has 112 valence electrons. The molecule has 0 aliphatic rings. The molecule has 6 heteroatoms. The van der Waals surface area contributed by atoms with Gasteiger partial charge in [-0.3, -0.25) is 4.79 Å². The van der Waals surface area contributed by atoms with Gasteiger partial charge in [-0.2, -0.15) is 0 Å². The summed E-state index contributed by atoms with van der Waals surface area (Å²) in [6.45, 7) is 8.51. The van der Waals surface area contributed by atoms with Crippen molar-refractivity contribution in [3.05, 3.63) is 0 Å². The highest BCUT2D eigenvalue weighted by molar-refractivity contribution is 5.75. The Morgan fingerprint density at radius 2 is 1.84 bits per heavy atom. The molecule has 0 aliphatic carbocycles. The molecule has 19 heavy (non-hydrogen) atoms. The first-order valence-electron chi connectivity index (χ1n) is 6.92. The van der Waals surface area contributed by atoms with Gasteiger partial charge in [0, 0.05) is 13.1 Å². The van der Waals surface area contributed by atoms with Crippen LogP contribution in [-0.2, 0) is 4.79 Å². The van der Waals surface area contributed by atoms with Crippen molar-refractivity contribution < 1.29 is 14.7 Å². The maximum absolute atomic E-state index is 11.5. The molecule has 0 aromatic rings. The van der Waals surface area contributed by atoms with Crippen molar-refractivity contribution in [2.45, 2.75) is 33.6 Å². The lowest BCUT2D eigenvalue weighted by molar-refractivity contribution is -0.142. The van der Waals surface area contributed by atoms with Gasteiger partial charge in [0.05, 0.1) is 5.92 Å². The van der Waals surface area contributed by atoms with Gasteiger partial charge in [-0.1, -0.05) is 20.8 Å². The first-order chi connectivity index (χ1) is 8.97. The van der Waals surface area contributed by atoms with Gasteiger partial charge >= 0.3 is 12.0 Å². The maximum Gasteiger partial charge on any atom is 0.314 e. The second-order valence-electron chi connectivity index (χ2n) is 5.01. The zero-order valence-corrected chi connectivity index (χ0v) is 12.2. The van der Waals surface area contributed by atoms with Crippen LogP contribution in [0.3, 0.4) is 0 Å². The number of carboxylic acids is 1. The summed E-state index contributed by atoms with van der Waals surface area (Å²) in [5.74, 6) is -1.08. The Morgan fingerprint density at radius 1 is 1.16 bits per heavy atom. The van der Waals surface area contributed by atoms with Crippen molar-refractivity contribution >= 4 is 12.0 Å². The lowest BCUT2D eigenvalue weighted by atomic mass is 9.97. The highest BCUT2D eigenvalue weighted by Gasteiger charge is 2.19. The fraction of sp³-hybridized carbons (Fsp3) is 0.846. The van der Waals surface area contributed by atoms with Gasteiger partial charge in [-0.15, -0.1) is 0 Å². The van der Waals surface area contributed by atoms with Gasteiger partial charge in [-0.05, 0) is 31.8 Å². The van der Waals surface area contributed by atoms with Crippen LogP contribution in [-0.4, -0.2) is 43.3 Å². The van der Waals surface area contributed by atoms with Crippen LogP contribution in [0.1, 0.15) is 33.6 Å². The number of urea groups is 1. The molecule has 0 heterocycles. The van der Waals surface area contributed by atoms with Gasteiger partial charge in [0.1, 0.15) is 0 Å². The number of carbonyl (C=O) groups is 2. The summed E-state index contributed by atoms with van der Waals surface area (Å²) in [4.78, 5) is 22.5. The predicted molar refractivity (Wildman–Crippen MR) is 75.1 cm³/mol. The molecule has 0 fully saturated rings. The zero-order chi connectivity index (χ0) is 14.7. The molecule has 0 rings (SSSR count). The Bertz CT molecular complexity index is 270. The molecule has 0 saturated heterocycles. The Balaban J connectivity index is 3.76. The first kappa shape index (κ1) is 17.7. The zero-order valence-electron chi connectivity index (χ0n) is 12.2. The van der Waals surface area contributed by atoms with Gasteiger partial charge < -0.3 is 21.1 Å². The summed E-state index contributed by atoms with van der Waals surface area (Å²) in [6.07, 6.45) is 1.42. The minimum Gasteiger partial charge on any atom is -0.481 e. The van der Waals surface area contributed by atoms with Crippen molar-refractivity contribution in [1.82, 2.24) is 16.0 Å². The Labute approximate surface area is 115 Å². The second kappa shape index (κ2) is 10.6. The number of hydrogen-bond donors (Lipinski definition) is 4. The summed E-state index contributed by atoms with van der Waals surface area (Å²) < 4.78 is 0. The molecule has 0 radical (unpaired) electrons. The lowest BCUT2D eigenvalue weighted by Crippen LogP contribution is -2.41. The number of carboxylic acid groups (broad SMARTS) is 1. The van der Waals surface area contributed by atoms with Crippen LogP contribution in [0.2, 0.25) is 0 Å². The topological polar surface area (TPSA) is 90.5 Å². The van der Waals surface area contributed by atoms with Gasteiger partial charge in [-0.25, -0.2) is 4.79 Å². The van der Waals surface area contributed by atoms with E-state index >= 15 is 0 Å². The van der Waals surface area contributed by atoms with Crippen molar-refractivity contribution in [3.8, 4) is 0 Å². The minimum absolute atomic E-state index is 0.173. The third kappa shape index (κ3) is 10.3. The first-order valence-corrected chi connectivity index (χ1v) is 6.92. The third-order valence-electron chi connectivity index (χ3n) is 2.68. The third-order valence-corrected chi connectivity index (χ3v) is 2.68. The molecule has 0 spiro atoms. The van der Waals surface area contributed by atoms with Gasteiger partial charge in [0.2, 0.25) is 0 Å². The van der Waals surface area contributed by atoms with E-state index in [1.165, 1.54) is 0 Å². The molecule has 0 aliphatic heterocycles. The lowest BCUT2D eigenvalue weighted by Gasteiger charge is -2.15. The summed E-state index contributed by atoms with van der Waals surface area (Å²) in [6, 6.07) is -0.300. The monoisotopic (exact) mass is 273 g/mol. The molecule has 0 aromatic carbocycles.